The van der Waals surface area contributed by atoms with Gasteiger partial charge in [0.2, 0.25) is 0 Å². The molecular weight excluding hydrogens is 424 g/mol. The van der Waals surface area contributed by atoms with Crippen LogP contribution in [0.3, 0.4) is 0 Å². The van der Waals surface area contributed by atoms with E-state index in [1.807, 2.05) is 19.1 Å². The number of rotatable bonds is 6. The van der Waals surface area contributed by atoms with E-state index in [0.717, 1.165) is 71.8 Å². The van der Waals surface area contributed by atoms with Crippen LogP contribution < -0.4 is 9.47 Å². The number of benzene rings is 1. The highest BCUT2D eigenvalue weighted by Crippen LogP contribution is 2.41. The maximum Gasteiger partial charge on any atom is 0.290 e. The number of aromatic amines is 1. The molecule has 32 heavy (non-hydrogen) atoms. The molecule has 0 radical (unpaired) electrons. The fourth-order valence-corrected chi connectivity index (χ4v) is 6.87. The van der Waals surface area contributed by atoms with Gasteiger partial charge in [0.25, 0.3) is 5.65 Å². The van der Waals surface area contributed by atoms with Crippen LogP contribution in [0.2, 0.25) is 0 Å². The van der Waals surface area contributed by atoms with Crippen LogP contribution in [0.1, 0.15) is 63.9 Å². The second-order valence-electron chi connectivity index (χ2n) is 9.08. The van der Waals surface area contributed by atoms with Gasteiger partial charge in [0, 0.05) is 16.7 Å². The molecule has 0 atom stereocenters. The summed E-state index contributed by atoms with van der Waals surface area (Å²) >= 11 is 0. The Bertz CT molecular complexity index is 1240. The molecule has 3 aromatic rings. The third kappa shape index (κ3) is 3.66. The van der Waals surface area contributed by atoms with Crippen LogP contribution in [0, 0.1) is 5.21 Å². The first kappa shape index (κ1) is 21.3. The van der Waals surface area contributed by atoms with Gasteiger partial charge in [-0.3, -0.25) is 0 Å². The number of hydrogen-bond acceptors (Lipinski definition) is 4. The Balaban J connectivity index is 1.69. The average Bonchev–Trinajstić information content (AvgIpc) is 3.23. The van der Waals surface area contributed by atoms with Crippen LogP contribution in [0.25, 0.3) is 22.2 Å². The van der Waals surface area contributed by atoms with Gasteiger partial charge in [-0.05, 0) is 69.2 Å². The molecule has 1 N–H and O–H groups in total. The number of H-pyrrole nitrogens is 1. The van der Waals surface area contributed by atoms with Crippen LogP contribution in [-0.2, 0) is 16.3 Å². The monoisotopic (exact) mass is 454 g/mol. The van der Waals surface area contributed by atoms with Crippen molar-refractivity contribution in [3.05, 3.63) is 47.4 Å². The van der Waals surface area contributed by atoms with E-state index in [2.05, 4.69) is 4.98 Å². The summed E-state index contributed by atoms with van der Waals surface area (Å²) < 4.78 is 33.8. The summed E-state index contributed by atoms with van der Waals surface area (Å²) in [5, 5.41) is 13.0. The van der Waals surface area contributed by atoms with E-state index in [9.17, 15) is 13.6 Å². The quantitative estimate of drug-likeness (QED) is 0.416. The first-order chi connectivity index (χ1) is 15.5. The molecule has 0 aliphatic heterocycles. The van der Waals surface area contributed by atoms with E-state index in [1.165, 1.54) is 6.42 Å². The maximum absolute atomic E-state index is 13.2. The lowest BCUT2D eigenvalue weighted by Gasteiger charge is -2.27. The Hall–Kier alpha value is -2.54. The molecule has 2 aliphatic carbocycles. The van der Waals surface area contributed by atoms with Gasteiger partial charge < -0.3 is 9.94 Å². The maximum atomic E-state index is 13.2. The van der Waals surface area contributed by atoms with E-state index in [-0.39, 0.29) is 11.4 Å². The Morgan fingerprint density at radius 2 is 1.88 bits per heavy atom. The summed E-state index contributed by atoms with van der Waals surface area (Å²) in [4.78, 5) is 3.37. The Kier molecular flexibility index (Phi) is 5.61. The number of aryl methyl sites for hydroxylation is 1. The summed E-state index contributed by atoms with van der Waals surface area (Å²) in [7, 11) is -3.38. The van der Waals surface area contributed by atoms with Gasteiger partial charge in [0.15, 0.2) is 9.84 Å². The molecule has 2 aliphatic rings. The third-order valence-electron chi connectivity index (χ3n) is 7.08. The summed E-state index contributed by atoms with van der Waals surface area (Å²) in [6.07, 6.45) is 12.1. The van der Waals surface area contributed by atoms with Crippen molar-refractivity contribution in [2.75, 3.05) is 0 Å². The predicted molar refractivity (Wildman–Crippen MR) is 124 cm³/mol. The van der Waals surface area contributed by atoms with Crippen molar-refractivity contribution in [3.63, 3.8) is 0 Å². The van der Waals surface area contributed by atoms with Crippen LogP contribution in [0.15, 0.2) is 41.6 Å². The van der Waals surface area contributed by atoms with Gasteiger partial charge in [-0.2, -0.15) is 0 Å². The van der Waals surface area contributed by atoms with Gasteiger partial charge >= 0.3 is 0 Å². The van der Waals surface area contributed by atoms with Crippen molar-refractivity contribution in [1.29, 1.82) is 0 Å². The second kappa shape index (κ2) is 8.43. The molecule has 0 unspecified atom stereocenters. The highest BCUT2D eigenvalue weighted by atomic mass is 32.2. The molecule has 7 heteroatoms. The standard InChI is InChI=1S/C25H30N2O4S/c1-2-17-16-27(28)25-21(13-14-26-25)24(17)22-15-20(32(29,30)19-9-6-10-19)11-12-23(22)31-18-7-4-3-5-8-18/h11-16,18-19,26H,2-10H2,1H3. The van der Waals surface area contributed by atoms with Gasteiger partial charge in [0.05, 0.1) is 34.0 Å². The second-order valence-corrected chi connectivity index (χ2v) is 11.3. The molecule has 2 saturated carbocycles. The van der Waals surface area contributed by atoms with E-state index >= 15 is 0 Å². The van der Waals surface area contributed by atoms with Gasteiger partial charge in [-0.15, -0.1) is 0 Å². The summed E-state index contributed by atoms with van der Waals surface area (Å²) in [6, 6.07) is 7.19. The van der Waals surface area contributed by atoms with Gasteiger partial charge in [-0.25, -0.2) is 18.1 Å². The smallest absolute Gasteiger partial charge is 0.290 e. The van der Waals surface area contributed by atoms with E-state index in [1.54, 1.807) is 24.5 Å². The Labute approximate surface area is 189 Å². The van der Waals surface area contributed by atoms with Gasteiger partial charge in [0.1, 0.15) is 5.75 Å². The largest absolute Gasteiger partial charge is 0.711 e. The highest BCUT2D eigenvalue weighted by molar-refractivity contribution is 7.92. The number of aromatic nitrogens is 2. The molecule has 0 amide bonds. The summed E-state index contributed by atoms with van der Waals surface area (Å²) in [5.74, 6) is 0.699. The van der Waals surface area contributed by atoms with Crippen molar-refractivity contribution in [3.8, 4) is 16.9 Å². The third-order valence-corrected chi connectivity index (χ3v) is 9.34. The average molecular weight is 455 g/mol. The Morgan fingerprint density at radius 3 is 2.56 bits per heavy atom. The minimum atomic E-state index is -3.38. The molecular formula is C25H30N2O4S. The Morgan fingerprint density at radius 1 is 1.09 bits per heavy atom. The zero-order valence-corrected chi connectivity index (χ0v) is 19.3. The predicted octanol–water partition coefficient (Wildman–Crippen LogP) is 5.07. The molecule has 6 nitrogen and oxygen atoms in total. The zero-order valence-electron chi connectivity index (χ0n) is 18.5. The lowest BCUT2D eigenvalue weighted by Crippen LogP contribution is -2.29. The van der Waals surface area contributed by atoms with Crippen LogP contribution in [0.5, 0.6) is 5.75 Å². The number of fused-ring (bicyclic) bond motifs is 1. The topological polar surface area (TPSA) is 86.1 Å². The van der Waals surface area contributed by atoms with Crippen molar-refractivity contribution in [2.45, 2.75) is 81.0 Å². The SMILES string of the molecule is CCc1c[n+]([O-])c2[nH]ccc2c1-c1cc(S(=O)(=O)C2CCC2)ccc1OC1CCCCC1. The zero-order chi connectivity index (χ0) is 22.3. The summed E-state index contributed by atoms with van der Waals surface area (Å²) in [5.41, 5.74) is 2.98. The lowest BCUT2D eigenvalue weighted by atomic mass is 9.95. The fraction of sp³-hybridized carbons (Fsp3) is 0.480. The number of ether oxygens (including phenoxy) is 1. The van der Waals surface area contributed by atoms with Crippen LogP contribution in [0.4, 0.5) is 0 Å². The lowest BCUT2D eigenvalue weighted by molar-refractivity contribution is -0.579. The molecule has 2 aromatic heterocycles. The van der Waals surface area contributed by atoms with E-state index in [0.29, 0.717) is 22.7 Å². The van der Waals surface area contributed by atoms with E-state index in [4.69, 9.17) is 4.74 Å². The molecule has 170 valence electrons. The number of nitrogens with zero attached hydrogens (tertiary/aromatic N) is 1. The first-order valence-corrected chi connectivity index (χ1v) is 13.3. The molecule has 0 bridgehead atoms. The molecule has 2 fully saturated rings. The summed E-state index contributed by atoms with van der Waals surface area (Å²) in [6.45, 7) is 2.01. The van der Waals surface area contributed by atoms with Crippen molar-refractivity contribution in [2.24, 2.45) is 0 Å². The van der Waals surface area contributed by atoms with Gasteiger partial charge in [-0.1, -0.05) is 19.8 Å². The number of sulfone groups is 1. The van der Waals surface area contributed by atoms with Crippen molar-refractivity contribution < 1.29 is 17.9 Å². The molecule has 1 aromatic carbocycles. The first-order valence-electron chi connectivity index (χ1n) is 11.8. The van der Waals surface area contributed by atoms with Crippen LogP contribution >= 0.6 is 0 Å². The minimum absolute atomic E-state index is 0.136. The van der Waals surface area contributed by atoms with Crippen LogP contribution in [-0.4, -0.2) is 24.8 Å². The normalized spacial score (nSPS) is 18.0. The number of pyridine rings is 1. The van der Waals surface area contributed by atoms with Crippen molar-refractivity contribution in [1.82, 2.24) is 4.98 Å². The number of nitrogens with one attached hydrogen (secondary N) is 1. The highest BCUT2D eigenvalue weighted by Gasteiger charge is 2.33. The molecule has 2 heterocycles. The molecule has 0 saturated heterocycles. The minimum Gasteiger partial charge on any atom is -0.711 e. The molecule has 5 rings (SSSR count). The molecule has 0 spiro atoms. The fourth-order valence-electron chi connectivity index (χ4n) is 4.99. The number of hydrogen-bond donors (Lipinski definition) is 1. The van der Waals surface area contributed by atoms with E-state index < -0.39 is 9.84 Å². The van der Waals surface area contributed by atoms with Crippen molar-refractivity contribution >= 4 is 20.9 Å².